The zero-order chi connectivity index (χ0) is 23.3. The average Bonchev–Trinajstić information content (AvgIpc) is 3.29. The van der Waals surface area contributed by atoms with E-state index in [1.54, 1.807) is 0 Å². The van der Waals surface area contributed by atoms with Crippen molar-refractivity contribution in [2.24, 2.45) is 0 Å². The molecule has 0 amide bonds. The largest absolute Gasteiger partial charge is 0.490 e. The lowest BCUT2D eigenvalue weighted by Gasteiger charge is -2.32. The zero-order valence-corrected chi connectivity index (χ0v) is 19.6. The van der Waals surface area contributed by atoms with Gasteiger partial charge in [-0.05, 0) is 86.5 Å². The summed E-state index contributed by atoms with van der Waals surface area (Å²) in [5.74, 6) is 2.90. The summed E-state index contributed by atoms with van der Waals surface area (Å²) in [5.41, 5.74) is 8.88. The van der Waals surface area contributed by atoms with Gasteiger partial charge >= 0.3 is 0 Å². The van der Waals surface area contributed by atoms with Gasteiger partial charge in [0.15, 0.2) is 5.58 Å². The highest BCUT2D eigenvalue weighted by Gasteiger charge is 2.20. The molecule has 1 aliphatic rings. The minimum atomic E-state index is 0.256. The first-order valence-electron chi connectivity index (χ1n) is 12.1. The molecule has 1 fully saturated rings. The van der Waals surface area contributed by atoms with Crippen molar-refractivity contribution in [3.8, 4) is 28.7 Å². The van der Waals surface area contributed by atoms with Crippen LogP contribution < -0.4 is 15.2 Å². The van der Waals surface area contributed by atoms with E-state index in [9.17, 15) is 0 Å². The number of anilines is 1. The fourth-order valence-corrected chi connectivity index (χ4v) is 4.26. The number of hydrogen-bond acceptors (Lipinski definition) is 6. The Morgan fingerprint density at radius 2 is 1.62 bits per heavy atom. The van der Waals surface area contributed by atoms with E-state index in [0.29, 0.717) is 11.6 Å². The monoisotopic (exact) mass is 457 g/mol. The minimum absolute atomic E-state index is 0.256. The summed E-state index contributed by atoms with van der Waals surface area (Å²) in [5, 5.41) is 0. The first-order valence-corrected chi connectivity index (χ1v) is 12.1. The number of benzene rings is 3. The van der Waals surface area contributed by atoms with Gasteiger partial charge < -0.3 is 24.5 Å². The van der Waals surface area contributed by atoms with Crippen LogP contribution in [0, 0.1) is 0 Å². The first kappa shape index (κ1) is 22.3. The zero-order valence-electron chi connectivity index (χ0n) is 19.6. The third-order valence-corrected chi connectivity index (χ3v) is 6.24. The molecular weight excluding hydrogens is 426 g/mol. The molecule has 1 aromatic heterocycles. The molecule has 2 heterocycles. The highest BCUT2D eigenvalue weighted by atomic mass is 16.5. The Labute approximate surface area is 200 Å². The molecular formula is C28H31N3O3. The quantitative estimate of drug-likeness (QED) is 0.304. The topological polar surface area (TPSA) is 73.8 Å². The molecule has 0 saturated carbocycles. The number of nitrogen functional groups attached to an aromatic ring is 1. The Hall–Kier alpha value is -3.51. The van der Waals surface area contributed by atoms with E-state index in [0.717, 1.165) is 59.8 Å². The van der Waals surface area contributed by atoms with E-state index in [1.807, 2.05) is 66.7 Å². The molecule has 1 saturated heterocycles. The molecule has 176 valence electrons. The van der Waals surface area contributed by atoms with Gasteiger partial charge in [0.2, 0.25) is 5.89 Å². The van der Waals surface area contributed by atoms with E-state index < -0.39 is 0 Å². The van der Waals surface area contributed by atoms with Gasteiger partial charge in [0, 0.05) is 30.4 Å². The lowest BCUT2D eigenvalue weighted by atomic mass is 10.1. The number of piperidine rings is 1. The number of fused-ring (bicyclic) bond motifs is 1. The van der Waals surface area contributed by atoms with Crippen LogP contribution in [-0.2, 0) is 0 Å². The van der Waals surface area contributed by atoms with Crippen LogP contribution in [0.3, 0.4) is 0 Å². The summed E-state index contributed by atoms with van der Waals surface area (Å²) in [6.07, 6.45) is 4.90. The van der Waals surface area contributed by atoms with Gasteiger partial charge in [-0.25, -0.2) is 4.98 Å². The van der Waals surface area contributed by atoms with E-state index in [2.05, 4.69) is 16.8 Å². The van der Waals surface area contributed by atoms with Crippen molar-refractivity contribution >= 4 is 16.8 Å². The standard InChI is InChI=1S/C28H31N3O3/c1-2-3-16-31-17-14-24(15-18-31)33-25-12-13-26-27(19-25)34-28(30-26)20-4-8-22(9-5-20)32-23-10-6-21(29)7-11-23/h4-13,19,24H,2-3,14-18,29H2,1H3. The molecule has 6 heteroatoms. The summed E-state index contributed by atoms with van der Waals surface area (Å²) < 4.78 is 18.2. The maximum Gasteiger partial charge on any atom is 0.227 e. The van der Waals surface area contributed by atoms with Gasteiger partial charge in [0.25, 0.3) is 0 Å². The first-order chi connectivity index (χ1) is 16.7. The molecule has 0 radical (unpaired) electrons. The highest BCUT2D eigenvalue weighted by Crippen LogP contribution is 2.30. The predicted molar refractivity (Wildman–Crippen MR) is 135 cm³/mol. The van der Waals surface area contributed by atoms with Crippen LogP contribution >= 0.6 is 0 Å². The molecule has 6 nitrogen and oxygen atoms in total. The van der Waals surface area contributed by atoms with Crippen molar-refractivity contribution in [2.75, 3.05) is 25.4 Å². The van der Waals surface area contributed by atoms with Gasteiger partial charge in [0.1, 0.15) is 28.9 Å². The number of nitrogens with zero attached hydrogens (tertiary/aromatic N) is 2. The Balaban J connectivity index is 1.23. The van der Waals surface area contributed by atoms with Gasteiger partial charge in [0.05, 0.1) is 0 Å². The summed E-state index contributed by atoms with van der Waals surface area (Å²) >= 11 is 0. The van der Waals surface area contributed by atoms with Crippen LogP contribution in [0.25, 0.3) is 22.6 Å². The number of hydrogen-bond donors (Lipinski definition) is 1. The Bertz CT molecular complexity index is 1210. The van der Waals surface area contributed by atoms with Crippen molar-refractivity contribution in [2.45, 2.75) is 38.7 Å². The van der Waals surface area contributed by atoms with E-state index in [1.165, 1.54) is 19.4 Å². The van der Waals surface area contributed by atoms with Crippen molar-refractivity contribution in [1.82, 2.24) is 9.88 Å². The maximum absolute atomic E-state index is 6.27. The number of nitrogens with two attached hydrogens (primary N) is 1. The van der Waals surface area contributed by atoms with Gasteiger partial charge in [-0.1, -0.05) is 13.3 Å². The molecule has 0 aliphatic carbocycles. The molecule has 34 heavy (non-hydrogen) atoms. The number of oxazole rings is 1. The maximum atomic E-state index is 6.27. The Morgan fingerprint density at radius 3 is 2.32 bits per heavy atom. The van der Waals surface area contributed by atoms with Crippen LogP contribution in [0.4, 0.5) is 5.69 Å². The molecule has 0 unspecified atom stereocenters. The number of rotatable bonds is 8. The fraction of sp³-hybridized carbons (Fsp3) is 0.321. The van der Waals surface area contributed by atoms with Crippen molar-refractivity contribution in [3.63, 3.8) is 0 Å². The number of ether oxygens (including phenoxy) is 2. The van der Waals surface area contributed by atoms with Crippen molar-refractivity contribution in [3.05, 3.63) is 66.7 Å². The predicted octanol–water partition coefficient (Wildman–Crippen LogP) is 6.51. The van der Waals surface area contributed by atoms with E-state index in [-0.39, 0.29) is 6.10 Å². The third kappa shape index (κ3) is 5.34. The molecule has 2 N–H and O–H groups in total. The van der Waals surface area contributed by atoms with Crippen LogP contribution in [0.15, 0.2) is 71.1 Å². The summed E-state index contributed by atoms with van der Waals surface area (Å²) in [7, 11) is 0. The van der Waals surface area contributed by atoms with Gasteiger partial charge in [-0.15, -0.1) is 0 Å². The number of aromatic nitrogens is 1. The smallest absolute Gasteiger partial charge is 0.227 e. The lowest BCUT2D eigenvalue weighted by molar-refractivity contribution is 0.0999. The highest BCUT2D eigenvalue weighted by molar-refractivity contribution is 5.77. The fourth-order valence-electron chi connectivity index (χ4n) is 4.26. The second kappa shape index (κ2) is 10.2. The molecule has 0 spiro atoms. The summed E-state index contributed by atoms with van der Waals surface area (Å²) in [4.78, 5) is 7.19. The molecule has 0 atom stereocenters. The molecule has 1 aliphatic heterocycles. The SMILES string of the molecule is CCCCN1CCC(Oc2ccc3nc(-c4ccc(Oc5ccc(N)cc5)cc4)oc3c2)CC1. The van der Waals surface area contributed by atoms with Crippen LogP contribution in [0.2, 0.25) is 0 Å². The van der Waals surface area contributed by atoms with Crippen LogP contribution in [-0.4, -0.2) is 35.6 Å². The van der Waals surface area contributed by atoms with Crippen LogP contribution in [0.5, 0.6) is 17.2 Å². The Morgan fingerprint density at radius 1 is 0.941 bits per heavy atom. The van der Waals surface area contributed by atoms with Gasteiger partial charge in [-0.2, -0.15) is 0 Å². The molecule has 3 aromatic carbocycles. The summed E-state index contributed by atoms with van der Waals surface area (Å²) in [6.45, 7) is 5.66. The lowest BCUT2D eigenvalue weighted by Crippen LogP contribution is -2.38. The van der Waals surface area contributed by atoms with Crippen molar-refractivity contribution in [1.29, 1.82) is 0 Å². The molecule has 0 bridgehead atoms. The van der Waals surface area contributed by atoms with Crippen LogP contribution in [0.1, 0.15) is 32.6 Å². The second-order valence-corrected chi connectivity index (χ2v) is 8.86. The Kier molecular flexibility index (Phi) is 6.67. The van der Waals surface area contributed by atoms with E-state index >= 15 is 0 Å². The normalized spacial score (nSPS) is 15.0. The third-order valence-electron chi connectivity index (χ3n) is 6.24. The van der Waals surface area contributed by atoms with E-state index in [4.69, 9.17) is 19.6 Å². The minimum Gasteiger partial charge on any atom is -0.490 e. The van der Waals surface area contributed by atoms with Gasteiger partial charge in [-0.3, -0.25) is 0 Å². The number of likely N-dealkylation sites (tertiary alicyclic amines) is 1. The number of unbranched alkanes of at least 4 members (excludes halogenated alkanes) is 1. The molecule has 4 aromatic rings. The average molecular weight is 458 g/mol. The second-order valence-electron chi connectivity index (χ2n) is 8.86. The van der Waals surface area contributed by atoms with Crippen molar-refractivity contribution < 1.29 is 13.9 Å². The summed E-state index contributed by atoms with van der Waals surface area (Å²) in [6, 6.07) is 20.9. The molecule has 5 rings (SSSR count).